The summed E-state index contributed by atoms with van der Waals surface area (Å²) < 4.78 is 38.8. The van der Waals surface area contributed by atoms with Gasteiger partial charge in [-0.3, -0.25) is 9.69 Å². The number of carbonyl (C=O) groups is 2. The van der Waals surface area contributed by atoms with Gasteiger partial charge in [0, 0.05) is 18.8 Å². The first-order chi connectivity index (χ1) is 14.3. The van der Waals surface area contributed by atoms with Gasteiger partial charge in [-0.25, -0.2) is 4.79 Å². The summed E-state index contributed by atoms with van der Waals surface area (Å²) >= 11 is 0. The molecule has 3 saturated heterocycles. The van der Waals surface area contributed by atoms with E-state index in [1.807, 2.05) is 4.90 Å². The summed E-state index contributed by atoms with van der Waals surface area (Å²) in [5.74, 6) is -0.0421. The van der Waals surface area contributed by atoms with Gasteiger partial charge in [-0.1, -0.05) is 6.07 Å². The van der Waals surface area contributed by atoms with Crippen LogP contribution in [0.25, 0.3) is 0 Å². The third kappa shape index (κ3) is 4.26. The predicted molar refractivity (Wildman–Crippen MR) is 105 cm³/mol. The highest BCUT2D eigenvalue weighted by Crippen LogP contribution is 2.31. The quantitative estimate of drug-likeness (QED) is 0.557. The lowest BCUT2D eigenvalue weighted by Crippen LogP contribution is -3.14. The summed E-state index contributed by atoms with van der Waals surface area (Å²) in [6.07, 6.45) is -0.927. The van der Waals surface area contributed by atoms with E-state index >= 15 is 0 Å². The number of alkyl halides is 3. The Morgan fingerprint density at radius 1 is 1.07 bits per heavy atom. The third-order valence-corrected chi connectivity index (χ3v) is 6.45. The summed E-state index contributed by atoms with van der Waals surface area (Å²) in [4.78, 5) is 31.2. The minimum Gasteiger partial charge on any atom is -0.360 e. The van der Waals surface area contributed by atoms with E-state index in [9.17, 15) is 22.8 Å². The average Bonchev–Trinajstić information content (AvgIpc) is 3.30. The summed E-state index contributed by atoms with van der Waals surface area (Å²) in [5, 5.41) is 0. The van der Waals surface area contributed by atoms with Crippen molar-refractivity contribution in [1.29, 1.82) is 0 Å². The van der Waals surface area contributed by atoms with Crippen LogP contribution in [-0.4, -0.2) is 73.6 Å². The van der Waals surface area contributed by atoms with Crippen LogP contribution in [0.2, 0.25) is 0 Å². The first-order valence-corrected chi connectivity index (χ1v) is 10.7. The van der Waals surface area contributed by atoms with Crippen LogP contribution in [0.15, 0.2) is 24.3 Å². The van der Waals surface area contributed by atoms with Crippen LogP contribution in [0.4, 0.5) is 23.7 Å². The number of nitrogens with one attached hydrogen (secondary N) is 1. The Morgan fingerprint density at radius 2 is 1.83 bits per heavy atom. The highest BCUT2D eigenvalue weighted by atomic mass is 19.4. The molecule has 0 unspecified atom stereocenters. The Labute approximate surface area is 174 Å². The number of anilines is 1. The van der Waals surface area contributed by atoms with E-state index in [1.165, 1.54) is 21.9 Å². The second kappa shape index (κ2) is 8.45. The molecule has 0 radical (unpaired) electrons. The molecule has 0 aromatic heterocycles. The van der Waals surface area contributed by atoms with Gasteiger partial charge < -0.3 is 14.7 Å². The number of urea groups is 1. The number of nitrogens with zero attached hydrogens (tertiary/aromatic N) is 3. The van der Waals surface area contributed by atoms with Gasteiger partial charge in [-0.2, -0.15) is 13.2 Å². The van der Waals surface area contributed by atoms with Crippen molar-refractivity contribution in [3.63, 3.8) is 0 Å². The number of hydrogen-bond acceptors (Lipinski definition) is 3. The van der Waals surface area contributed by atoms with Gasteiger partial charge >= 0.3 is 12.2 Å². The number of imide groups is 1. The highest BCUT2D eigenvalue weighted by Gasteiger charge is 2.46. The molecule has 3 fully saturated rings. The molecule has 0 aliphatic carbocycles. The van der Waals surface area contributed by atoms with Crippen molar-refractivity contribution in [1.82, 2.24) is 9.80 Å². The fourth-order valence-electron chi connectivity index (χ4n) is 4.74. The van der Waals surface area contributed by atoms with E-state index < -0.39 is 11.7 Å². The first-order valence-electron chi connectivity index (χ1n) is 10.7. The molecule has 1 atom stereocenters. The fraction of sp³-hybridized carbons (Fsp3) is 0.619. The van der Waals surface area contributed by atoms with Gasteiger partial charge in [0.05, 0.1) is 38.3 Å². The molecule has 0 saturated carbocycles. The van der Waals surface area contributed by atoms with E-state index in [0.29, 0.717) is 18.8 Å². The SMILES string of the molecule is O=C1[C@H]2CCCN2C(=O)N1CCCC[NH+]1CCN(c2cccc(C(F)(F)F)c2)CC1. The highest BCUT2D eigenvalue weighted by molar-refractivity contribution is 6.04. The molecule has 164 valence electrons. The van der Waals surface area contributed by atoms with Gasteiger partial charge in [0.2, 0.25) is 0 Å². The van der Waals surface area contributed by atoms with E-state index in [-0.39, 0.29) is 18.0 Å². The van der Waals surface area contributed by atoms with Gasteiger partial charge in [0.1, 0.15) is 6.04 Å². The molecule has 1 aromatic rings. The smallest absolute Gasteiger partial charge is 0.360 e. The lowest BCUT2D eigenvalue weighted by Gasteiger charge is -2.34. The Morgan fingerprint density at radius 3 is 2.53 bits per heavy atom. The Hall–Kier alpha value is -2.29. The van der Waals surface area contributed by atoms with Crippen molar-refractivity contribution in [2.24, 2.45) is 0 Å². The molecule has 0 bridgehead atoms. The van der Waals surface area contributed by atoms with Crippen molar-refractivity contribution < 1.29 is 27.7 Å². The number of fused-ring (bicyclic) bond motifs is 1. The number of hydrogen-bond donors (Lipinski definition) is 1. The van der Waals surface area contributed by atoms with E-state index in [0.717, 1.165) is 64.5 Å². The molecule has 3 heterocycles. The molecule has 3 aliphatic rings. The summed E-state index contributed by atoms with van der Waals surface area (Å²) in [7, 11) is 0. The van der Waals surface area contributed by atoms with Crippen LogP contribution in [0.3, 0.4) is 0 Å². The van der Waals surface area contributed by atoms with Crippen LogP contribution >= 0.6 is 0 Å². The van der Waals surface area contributed by atoms with E-state index in [1.54, 1.807) is 11.0 Å². The molecule has 3 amide bonds. The molecule has 9 heteroatoms. The van der Waals surface area contributed by atoms with Gasteiger partial charge in [-0.05, 0) is 43.9 Å². The molecular weight excluding hydrogens is 397 g/mol. The fourth-order valence-corrected chi connectivity index (χ4v) is 4.74. The zero-order valence-corrected chi connectivity index (χ0v) is 17.0. The van der Waals surface area contributed by atoms with Crippen molar-refractivity contribution in [3.8, 4) is 0 Å². The summed E-state index contributed by atoms with van der Waals surface area (Å²) in [6.45, 7) is 5.29. The minimum absolute atomic E-state index is 0.0421. The van der Waals surface area contributed by atoms with Crippen molar-refractivity contribution in [2.75, 3.05) is 50.7 Å². The van der Waals surface area contributed by atoms with Gasteiger partial charge in [0.25, 0.3) is 5.91 Å². The summed E-state index contributed by atoms with van der Waals surface area (Å²) in [5.41, 5.74) is 0.0109. The average molecular weight is 425 g/mol. The van der Waals surface area contributed by atoms with Crippen molar-refractivity contribution >= 4 is 17.6 Å². The lowest BCUT2D eigenvalue weighted by atomic mass is 10.1. The zero-order chi connectivity index (χ0) is 21.3. The second-order valence-electron chi connectivity index (χ2n) is 8.37. The van der Waals surface area contributed by atoms with Gasteiger partial charge in [0.15, 0.2) is 0 Å². The molecular formula is C21H28F3N4O2+. The standard InChI is InChI=1S/C21H27F3N4O2/c22-21(23,24)16-5-3-6-17(15-16)26-13-11-25(12-14-26)8-1-2-9-28-19(29)18-7-4-10-27(18)20(28)30/h3,5-6,15,18H,1-2,4,7-14H2/p+1/t18-/m1/s1. The van der Waals surface area contributed by atoms with Crippen molar-refractivity contribution in [2.45, 2.75) is 37.9 Å². The Bertz CT molecular complexity index is 771. The number of benzene rings is 1. The maximum absolute atomic E-state index is 12.9. The molecule has 1 N–H and O–H groups in total. The normalized spacial score (nSPS) is 22.9. The number of quaternary nitrogens is 1. The second-order valence-corrected chi connectivity index (χ2v) is 8.37. The number of piperazine rings is 1. The zero-order valence-electron chi connectivity index (χ0n) is 17.0. The molecule has 1 aromatic carbocycles. The van der Waals surface area contributed by atoms with Crippen LogP contribution in [0.5, 0.6) is 0 Å². The van der Waals surface area contributed by atoms with Crippen LogP contribution in [0.1, 0.15) is 31.2 Å². The number of unbranched alkanes of at least 4 members (excludes halogenated alkanes) is 1. The maximum Gasteiger partial charge on any atom is 0.416 e. The lowest BCUT2D eigenvalue weighted by molar-refractivity contribution is -0.900. The first kappa shape index (κ1) is 21.0. The van der Waals surface area contributed by atoms with Crippen LogP contribution < -0.4 is 9.80 Å². The van der Waals surface area contributed by atoms with Crippen LogP contribution in [0, 0.1) is 0 Å². The third-order valence-electron chi connectivity index (χ3n) is 6.45. The van der Waals surface area contributed by atoms with Crippen LogP contribution in [-0.2, 0) is 11.0 Å². The monoisotopic (exact) mass is 425 g/mol. The maximum atomic E-state index is 12.9. The molecule has 30 heavy (non-hydrogen) atoms. The van der Waals surface area contributed by atoms with Crippen molar-refractivity contribution in [3.05, 3.63) is 29.8 Å². The van der Waals surface area contributed by atoms with Gasteiger partial charge in [-0.15, -0.1) is 0 Å². The number of halogens is 3. The topological polar surface area (TPSA) is 48.3 Å². The molecule has 6 nitrogen and oxygen atoms in total. The number of amides is 3. The molecule has 3 aliphatic heterocycles. The number of rotatable bonds is 6. The Balaban J connectivity index is 1.19. The van der Waals surface area contributed by atoms with E-state index in [4.69, 9.17) is 0 Å². The Kier molecular flexibility index (Phi) is 5.90. The minimum atomic E-state index is -4.32. The summed E-state index contributed by atoms with van der Waals surface area (Å²) in [6, 6.07) is 5.15. The van der Waals surface area contributed by atoms with E-state index in [2.05, 4.69) is 0 Å². The molecule has 4 rings (SSSR count). The number of carbonyl (C=O) groups excluding carboxylic acids is 2. The largest absolute Gasteiger partial charge is 0.416 e. The molecule has 0 spiro atoms. The predicted octanol–water partition coefficient (Wildman–Crippen LogP) is 1.62.